The van der Waals surface area contributed by atoms with Crippen molar-refractivity contribution < 1.29 is 17.9 Å². The third-order valence-corrected chi connectivity index (χ3v) is 8.59. The molecule has 1 N–H and O–H groups in total. The highest BCUT2D eigenvalue weighted by atomic mass is 32.2. The largest absolute Gasteiger partial charge is 0.395 e. The second-order valence-electron chi connectivity index (χ2n) is 8.76. The molecule has 4 rings (SSSR count). The fourth-order valence-corrected chi connectivity index (χ4v) is 6.56. The van der Waals surface area contributed by atoms with Crippen LogP contribution in [0.25, 0.3) is 0 Å². The molecule has 2 aliphatic rings. The van der Waals surface area contributed by atoms with Crippen molar-refractivity contribution in [2.75, 3.05) is 26.2 Å². The van der Waals surface area contributed by atoms with Gasteiger partial charge in [-0.1, -0.05) is 43.0 Å². The molecule has 0 spiro atoms. The van der Waals surface area contributed by atoms with Gasteiger partial charge in [0.05, 0.1) is 6.61 Å². The van der Waals surface area contributed by atoms with Gasteiger partial charge in [-0.05, 0) is 55.6 Å². The Hall–Kier alpha value is -2.24. The van der Waals surface area contributed by atoms with Gasteiger partial charge in [-0.2, -0.15) is 4.31 Å². The van der Waals surface area contributed by atoms with Crippen LogP contribution in [-0.4, -0.2) is 61.1 Å². The molecule has 2 saturated heterocycles. The Morgan fingerprint density at radius 2 is 1.82 bits per heavy atom. The lowest BCUT2D eigenvalue weighted by Crippen LogP contribution is -2.67. The summed E-state index contributed by atoms with van der Waals surface area (Å²) in [6.45, 7) is 3.57. The van der Waals surface area contributed by atoms with Crippen molar-refractivity contribution in [1.29, 1.82) is 0 Å². The number of benzene rings is 2. The molecule has 0 aromatic heterocycles. The van der Waals surface area contributed by atoms with Gasteiger partial charge in [-0.25, -0.2) is 12.8 Å². The standard InChI is InChI=1S/C26H31FN2O3S/c1-2-3-4-9-20-12-14-21(15-13-20)26-23-18-28(16-7-8-17-29(23)24(26)19-30)33(31,32)25-11-6-5-10-22(25)27/h5-6,10-15,23-24,26,30H,2-3,7-8,16-19H2,1H3/t23-,24+,26+/m1/s1. The van der Waals surface area contributed by atoms with Gasteiger partial charge in [-0.15, -0.1) is 0 Å². The molecule has 2 fully saturated rings. The highest BCUT2D eigenvalue weighted by molar-refractivity contribution is 7.89. The van der Waals surface area contributed by atoms with Crippen molar-refractivity contribution >= 4 is 10.0 Å². The molecule has 33 heavy (non-hydrogen) atoms. The molecular weight excluding hydrogens is 439 g/mol. The van der Waals surface area contributed by atoms with Gasteiger partial charge in [0.2, 0.25) is 10.0 Å². The van der Waals surface area contributed by atoms with E-state index in [0.29, 0.717) is 13.0 Å². The first kappa shape index (κ1) is 23.9. The molecular formula is C26H31FN2O3S. The first-order valence-electron chi connectivity index (χ1n) is 11.7. The number of aliphatic hydroxyl groups excluding tert-OH is 1. The molecule has 2 aromatic rings. The van der Waals surface area contributed by atoms with Gasteiger partial charge in [0.1, 0.15) is 10.7 Å². The lowest BCUT2D eigenvalue weighted by atomic mass is 9.74. The van der Waals surface area contributed by atoms with E-state index < -0.39 is 15.8 Å². The summed E-state index contributed by atoms with van der Waals surface area (Å²) in [7, 11) is -3.95. The SMILES string of the molecule is CCCC#Cc1ccc([C@H]2[C@H]3CN(S(=O)(=O)c4ccccc4F)CCCCN3[C@H]2CO)cc1. The van der Waals surface area contributed by atoms with Crippen LogP contribution in [0.2, 0.25) is 0 Å². The highest BCUT2D eigenvalue weighted by Gasteiger charge is 2.50. The van der Waals surface area contributed by atoms with Gasteiger partial charge in [0, 0.05) is 43.1 Å². The van der Waals surface area contributed by atoms with Crippen LogP contribution in [0.4, 0.5) is 4.39 Å². The number of hydrogen-bond acceptors (Lipinski definition) is 4. The molecule has 0 amide bonds. The number of halogens is 1. The summed E-state index contributed by atoms with van der Waals surface area (Å²) in [6, 6.07) is 13.5. The van der Waals surface area contributed by atoms with E-state index in [4.69, 9.17) is 0 Å². The normalized spacial score (nSPS) is 24.0. The average molecular weight is 471 g/mol. The number of unbranched alkanes of at least 4 members (excludes halogenated alkanes) is 1. The fourth-order valence-electron chi connectivity index (χ4n) is 5.00. The van der Waals surface area contributed by atoms with Crippen molar-refractivity contribution in [2.45, 2.75) is 55.5 Å². The average Bonchev–Trinajstić information content (AvgIpc) is 2.79. The van der Waals surface area contributed by atoms with Crippen molar-refractivity contribution in [2.24, 2.45) is 0 Å². The maximum absolute atomic E-state index is 14.4. The summed E-state index contributed by atoms with van der Waals surface area (Å²) in [5.41, 5.74) is 2.02. The number of aliphatic hydroxyl groups is 1. The summed E-state index contributed by atoms with van der Waals surface area (Å²) >= 11 is 0. The van der Waals surface area contributed by atoms with E-state index in [1.807, 2.05) is 24.3 Å². The highest BCUT2D eigenvalue weighted by Crippen LogP contribution is 2.42. The second-order valence-corrected chi connectivity index (χ2v) is 10.7. The fraction of sp³-hybridized carbons (Fsp3) is 0.462. The maximum atomic E-state index is 14.4. The van der Waals surface area contributed by atoms with Crippen molar-refractivity contribution in [3.05, 3.63) is 65.5 Å². The summed E-state index contributed by atoms with van der Waals surface area (Å²) in [5.74, 6) is 5.59. The first-order chi connectivity index (χ1) is 16.0. The first-order valence-corrected chi connectivity index (χ1v) is 13.1. The minimum absolute atomic E-state index is 0.00377. The van der Waals surface area contributed by atoms with E-state index in [1.54, 1.807) is 6.07 Å². The quantitative estimate of drug-likeness (QED) is 0.679. The Kier molecular flexibility index (Phi) is 7.50. The van der Waals surface area contributed by atoms with Crippen molar-refractivity contribution in [1.82, 2.24) is 9.21 Å². The van der Waals surface area contributed by atoms with E-state index >= 15 is 0 Å². The van der Waals surface area contributed by atoms with E-state index in [0.717, 1.165) is 36.9 Å². The number of sulfonamides is 1. The molecule has 0 saturated carbocycles. The van der Waals surface area contributed by atoms with E-state index in [9.17, 15) is 17.9 Å². The monoisotopic (exact) mass is 470 g/mol. The molecule has 176 valence electrons. The Balaban J connectivity index is 1.60. The summed E-state index contributed by atoms with van der Waals surface area (Å²) < 4.78 is 42.4. The Morgan fingerprint density at radius 3 is 2.52 bits per heavy atom. The minimum atomic E-state index is -3.95. The molecule has 0 unspecified atom stereocenters. The Morgan fingerprint density at radius 1 is 1.09 bits per heavy atom. The number of rotatable bonds is 5. The maximum Gasteiger partial charge on any atom is 0.246 e. The zero-order chi connectivity index (χ0) is 23.4. The zero-order valence-electron chi connectivity index (χ0n) is 19.0. The van der Waals surface area contributed by atoms with Crippen LogP contribution in [0.1, 0.15) is 49.7 Å². The predicted molar refractivity (Wildman–Crippen MR) is 127 cm³/mol. The third kappa shape index (κ3) is 4.85. The molecule has 2 aromatic carbocycles. The molecule has 0 radical (unpaired) electrons. The van der Waals surface area contributed by atoms with Crippen LogP contribution in [0.15, 0.2) is 53.4 Å². The van der Waals surface area contributed by atoms with Crippen LogP contribution < -0.4 is 0 Å². The van der Waals surface area contributed by atoms with E-state index in [-0.39, 0.29) is 36.0 Å². The molecule has 2 aliphatic heterocycles. The molecule has 3 atom stereocenters. The predicted octanol–water partition coefficient (Wildman–Crippen LogP) is 3.59. The number of fused-ring (bicyclic) bond motifs is 1. The van der Waals surface area contributed by atoms with Gasteiger partial charge < -0.3 is 5.11 Å². The minimum Gasteiger partial charge on any atom is -0.395 e. The Bertz CT molecular complexity index is 1120. The summed E-state index contributed by atoms with van der Waals surface area (Å²) in [5, 5.41) is 10.1. The molecule has 0 bridgehead atoms. The number of nitrogens with zero attached hydrogens (tertiary/aromatic N) is 2. The van der Waals surface area contributed by atoms with Crippen LogP contribution in [0, 0.1) is 17.7 Å². The lowest BCUT2D eigenvalue weighted by Gasteiger charge is -2.57. The van der Waals surface area contributed by atoms with Crippen molar-refractivity contribution in [3.8, 4) is 11.8 Å². The third-order valence-electron chi connectivity index (χ3n) is 6.69. The van der Waals surface area contributed by atoms with Crippen LogP contribution in [-0.2, 0) is 10.0 Å². The molecule has 2 heterocycles. The van der Waals surface area contributed by atoms with Crippen LogP contribution in [0.3, 0.4) is 0 Å². The Labute approximate surface area is 196 Å². The molecule has 7 heteroatoms. The second kappa shape index (κ2) is 10.4. The molecule has 5 nitrogen and oxygen atoms in total. The smallest absolute Gasteiger partial charge is 0.246 e. The van der Waals surface area contributed by atoms with Gasteiger partial charge in [0.15, 0.2) is 0 Å². The van der Waals surface area contributed by atoms with Crippen LogP contribution in [0.5, 0.6) is 0 Å². The number of hydrogen-bond donors (Lipinski definition) is 1. The van der Waals surface area contributed by atoms with Gasteiger partial charge in [-0.3, -0.25) is 4.90 Å². The topological polar surface area (TPSA) is 60.9 Å². The summed E-state index contributed by atoms with van der Waals surface area (Å²) in [6.07, 6.45) is 3.41. The van der Waals surface area contributed by atoms with Gasteiger partial charge in [0.25, 0.3) is 0 Å². The van der Waals surface area contributed by atoms with E-state index in [2.05, 4.69) is 23.7 Å². The summed E-state index contributed by atoms with van der Waals surface area (Å²) in [4.78, 5) is 1.93. The zero-order valence-corrected chi connectivity index (χ0v) is 19.8. The van der Waals surface area contributed by atoms with Crippen molar-refractivity contribution in [3.63, 3.8) is 0 Å². The lowest BCUT2D eigenvalue weighted by molar-refractivity contribution is -0.0554. The van der Waals surface area contributed by atoms with Crippen LogP contribution >= 0.6 is 0 Å². The molecule has 0 aliphatic carbocycles. The van der Waals surface area contributed by atoms with E-state index in [1.165, 1.54) is 22.5 Å². The van der Waals surface area contributed by atoms with Gasteiger partial charge >= 0.3 is 0 Å².